The molecule has 0 saturated heterocycles. The molecule has 8 nitrogen and oxygen atoms in total. The van der Waals surface area contributed by atoms with Crippen LogP contribution >= 0.6 is 11.6 Å². The molecule has 0 fully saturated rings. The highest BCUT2D eigenvalue weighted by Crippen LogP contribution is 2.37. The Bertz CT molecular complexity index is 1760. The number of imidazole rings is 1. The molecule has 6 rings (SSSR count). The highest BCUT2D eigenvalue weighted by molar-refractivity contribution is 6.30. The molecule has 1 aliphatic rings. The zero-order chi connectivity index (χ0) is 31.9. The van der Waals surface area contributed by atoms with Gasteiger partial charge in [-0.15, -0.1) is 0 Å². The second-order valence-electron chi connectivity index (χ2n) is 11.6. The predicted molar refractivity (Wildman–Crippen MR) is 179 cm³/mol. The quantitative estimate of drug-likeness (QED) is 0.137. The molecular formula is C37H36ClN5O3. The topological polar surface area (TPSA) is 122 Å². The van der Waals surface area contributed by atoms with E-state index in [4.69, 9.17) is 22.1 Å². The number of halogens is 1. The molecule has 9 heteroatoms. The Balaban J connectivity index is 1.18. The van der Waals surface area contributed by atoms with E-state index in [2.05, 4.69) is 69.1 Å². The van der Waals surface area contributed by atoms with Crippen LogP contribution in [0.3, 0.4) is 0 Å². The predicted octanol–water partition coefficient (Wildman–Crippen LogP) is 5.88. The lowest BCUT2D eigenvalue weighted by molar-refractivity contribution is -0.119. The van der Waals surface area contributed by atoms with Gasteiger partial charge in [0.1, 0.15) is 11.8 Å². The van der Waals surface area contributed by atoms with Crippen molar-refractivity contribution < 1.29 is 14.3 Å². The van der Waals surface area contributed by atoms with Crippen LogP contribution in [0.25, 0.3) is 0 Å². The van der Waals surface area contributed by atoms with Gasteiger partial charge in [-0.05, 0) is 53.3 Å². The number of ether oxygens (including phenoxy) is 1. The molecule has 4 aromatic carbocycles. The molecule has 2 heterocycles. The van der Waals surface area contributed by atoms with Crippen LogP contribution in [0, 0.1) is 0 Å². The fourth-order valence-electron chi connectivity index (χ4n) is 5.91. The van der Waals surface area contributed by atoms with Gasteiger partial charge in [0.05, 0.1) is 30.2 Å². The van der Waals surface area contributed by atoms with Crippen LogP contribution in [-0.2, 0) is 24.1 Å². The third-order valence-electron chi connectivity index (χ3n) is 8.33. The van der Waals surface area contributed by atoms with E-state index in [-0.39, 0.29) is 18.5 Å². The lowest BCUT2D eigenvalue weighted by atomic mass is 9.94. The number of benzene rings is 4. The molecule has 234 valence electrons. The Hall–Kier alpha value is -4.92. The highest BCUT2D eigenvalue weighted by atomic mass is 35.5. The number of nitrogens with zero attached hydrogens (tertiary/aromatic N) is 1. The lowest BCUT2D eigenvalue weighted by Gasteiger charge is -2.31. The maximum absolute atomic E-state index is 13.5. The fourth-order valence-corrected chi connectivity index (χ4v) is 6.04. The number of rotatable bonds is 12. The summed E-state index contributed by atoms with van der Waals surface area (Å²) in [5, 5.41) is 7.22. The van der Waals surface area contributed by atoms with E-state index in [9.17, 15) is 9.59 Å². The summed E-state index contributed by atoms with van der Waals surface area (Å²) in [6.07, 6.45) is 6.13. The second-order valence-corrected chi connectivity index (χ2v) is 12.0. The molecule has 5 N–H and O–H groups in total. The van der Waals surface area contributed by atoms with Crippen molar-refractivity contribution >= 4 is 23.4 Å². The SMILES string of the molecule is NC(=O)[C@H](Cc1ccc(Cl)cc1)NC(=O)c1cccc2c1OCCC2NC(Cc1ccc(Cc2ccccc2)cc1)c1cnc[nH]1. The number of nitrogens with two attached hydrogens (primary N) is 1. The first kappa shape index (κ1) is 31.1. The molecule has 46 heavy (non-hydrogen) atoms. The molecular weight excluding hydrogens is 598 g/mol. The first-order valence-corrected chi connectivity index (χ1v) is 15.8. The van der Waals surface area contributed by atoms with Gasteiger partial charge in [-0.1, -0.05) is 90.5 Å². The van der Waals surface area contributed by atoms with Crippen LogP contribution < -0.4 is 21.1 Å². The van der Waals surface area contributed by atoms with Crippen LogP contribution in [0.5, 0.6) is 5.75 Å². The van der Waals surface area contributed by atoms with Gasteiger partial charge in [-0.2, -0.15) is 0 Å². The Morgan fingerprint density at radius 3 is 2.30 bits per heavy atom. The molecule has 2 unspecified atom stereocenters. The van der Waals surface area contributed by atoms with Gasteiger partial charge < -0.3 is 26.1 Å². The maximum atomic E-state index is 13.5. The summed E-state index contributed by atoms with van der Waals surface area (Å²) in [4.78, 5) is 33.4. The largest absolute Gasteiger partial charge is 0.492 e. The van der Waals surface area contributed by atoms with Gasteiger partial charge >= 0.3 is 0 Å². The molecule has 1 aliphatic heterocycles. The molecule has 1 aromatic heterocycles. The monoisotopic (exact) mass is 633 g/mol. The average Bonchev–Trinajstić information content (AvgIpc) is 3.62. The Morgan fingerprint density at radius 1 is 0.891 bits per heavy atom. The molecule has 0 aliphatic carbocycles. The van der Waals surface area contributed by atoms with Crippen LogP contribution in [0.15, 0.2) is 110 Å². The summed E-state index contributed by atoms with van der Waals surface area (Å²) in [5.74, 6) is -0.535. The van der Waals surface area contributed by atoms with Crippen molar-refractivity contribution in [2.75, 3.05) is 6.61 Å². The van der Waals surface area contributed by atoms with Crippen molar-refractivity contribution in [3.05, 3.63) is 154 Å². The number of carbonyl (C=O) groups is 2. The van der Waals surface area contributed by atoms with Crippen LogP contribution in [0.4, 0.5) is 0 Å². The van der Waals surface area contributed by atoms with E-state index in [0.717, 1.165) is 36.1 Å². The third kappa shape index (κ3) is 7.65. The van der Waals surface area contributed by atoms with Crippen LogP contribution in [0.2, 0.25) is 5.02 Å². The van der Waals surface area contributed by atoms with Crippen LogP contribution in [-0.4, -0.2) is 34.4 Å². The molecule has 0 bridgehead atoms. The molecule has 5 aromatic rings. The van der Waals surface area contributed by atoms with E-state index in [1.807, 2.05) is 36.5 Å². The average molecular weight is 634 g/mol. The minimum atomic E-state index is -0.897. The van der Waals surface area contributed by atoms with Crippen molar-refractivity contribution in [1.82, 2.24) is 20.6 Å². The van der Waals surface area contributed by atoms with Crippen molar-refractivity contribution in [2.24, 2.45) is 5.73 Å². The number of aromatic amines is 1. The molecule has 0 spiro atoms. The van der Waals surface area contributed by atoms with E-state index in [1.165, 1.54) is 16.7 Å². The number of primary amides is 1. The standard InChI is InChI=1S/C37H36ClN5O3/c38-28-15-13-27(14-16-28)21-33(36(39)44)43-37(45)30-8-4-7-29-31(17-18-46-35(29)30)42-32(34-22-40-23-41-34)20-26-11-9-25(10-12-26)19-24-5-2-1-3-6-24/h1-16,22-23,31-33,42H,17-21H2,(H2,39,44)(H,40,41)(H,43,45)/t31?,32?,33-/m0/s1. The van der Waals surface area contributed by atoms with Crippen molar-refractivity contribution in [3.63, 3.8) is 0 Å². The maximum Gasteiger partial charge on any atom is 0.255 e. The number of nitrogens with one attached hydrogen (secondary N) is 3. The first-order valence-electron chi connectivity index (χ1n) is 15.4. The number of hydrogen-bond donors (Lipinski definition) is 4. The van der Waals surface area contributed by atoms with Crippen LogP contribution in [0.1, 0.15) is 62.4 Å². The molecule has 3 atom stereocenters. The number of para-hydroxylation sites is 1. The Kier molecular flexibility index (Phi) is 9.76. The van der Waals surface area contributed by atoms with E-state index < -0.39 is 17.9 Å². The number of hydrogen-bond acceptors (Lipinski definition) is 5. The summed E-state index contributed by atoms with van der Waals surface area (Å²) in [5.41, 5.74) is 12.5. The molecule has 0 saturated carbocycles. The van der Waals surface area contributed by atoms with Gasteiger partial charge in [0.25, 0.3) is 5.91 Å². The second kappa shape index (κ2) is 14.5. The van der Waals surface area contributed by atoms with Gasteiger partial charge in [0.15, 0.2) is 0 Å². The van der Waals surface area contributed by atoms with Crippen molar-refractivity contribution in [2.45, 2.75) is 43.8 Å². The van der Waals surface area contributed by atoms with Gasteiger partial charge in [-0.3, -0.25) is 9.59 Å². The zero-order valence-corrected chi connectivity index (χ0v) is 26.0. The Labute approximate surface area is 273 Å². The van der Waals surface area contributed by atoms with Gasteiger partial charge in [0, 0.05) is 35.7 Å². The zero-order valence-electron chi connectivity index (χ0n) is 25.3. The summed E-state index contributed by atoms with van der Waals surface area (Å²) in [6.45, 7) is 0.433. The summed E-state index contributed by atoms with van der Waals surface area (Å²) < 4.78 is 6.08. The van der Waals surface area contributed by atoms with E-state index in [1.54, 1.807) is 24.5 Å². The normalized spacial score (nSPS) is 15.3. The molecule has 0 radical (unpaired) electrons. The van der Waals surface area contributed by atoms with E-state index >= 15 is 0 Å². The number of fused-ring (bicyclic) bond motifs is 1. The van der Waals surface area contributed by atoms with Gasteiger partial charge in [-0.25, -0.2) is 4.98 Å². The van der Waals surface area contributed by atoms with Crippen molar-refractivity contribution in [1.29, 1.82) is 0 Å². The first-order chi connectivity index (χ1) is 22.4. The smallest absolute Gasteiger partial charge is 0.255 e. The van der Waals surface area contributed by atoms with E-state index in [0.29, 0.717) is 22.9 Å². The minimum absolute atomic E-state index is 0.0606. The summed E-state index contributed by atoms with van der Waals surface area (Å²) in [6, 6.07) is 30.8. The summed E-state index contributed by atoms with van der Waals surface area (Å²) in [7, 11) is 0. The van der Waals surface area contributed by atoms with Gasteiger partial charge in [0.2, 0.25) is 5.91 Å². The fraction of sp³-hybridized carbons (Fsp3) is 0.216. The number of aromatic nitrogens is 2. The number of H-pyrrole nitrogens is 1. The minimum Gasteiger partial charge on any atom is -0.492 e. The lowest BCUT2D eigenvalue weighted by Crippen LogP contribution is -2.46. The third-order valence-corrected chi connectivity index (χ3v) is 8.58. The van der Waals surface area contributed by atoms with Crippen molar-refractivity contribution in [3.8, 4) is 5.75 Å². The highest BCUT2D eigenvalue weighted by Gasteiger charge is 2.30. The number of carbonyl (C=O) groups excluding carboxylic acids is 2. The Morgan fingerprint density at radius 2 is 1.59 bits per heavy atom. The number of amides is 2. The molecule has 2 amide bonds. The summed E-state index contributed by atoms with van der Waals surface area (Å²) >= 11 is 6.00.